The van der Waals surface area contributed by atoms with E-state index in [1.807, 2.05) is 0 Å². The first-order chi connectivity index (χ1) is 3.55. The maximum atomic E-state index is 10.0. The number of aliphatic carboxylic acids is 1. The number of nitrogens with two attached hydrogens (primary N) is 1. The highest BCUT2D eigenvalue weighted by Gasteiger charge is 2.14. The summed E-state index contributed by atoms with van der Waals surface area (Å²) < 4.78 is 0. The normalized spacial score (nSPS) is 11.2. The number of carbonyl (C=O) groups is 1. The summed E-state index contributed by atoms with van der Waals surface area (Å²) in [5.41, 5.74) is 5.16. The van der Waals surface area contributed by atoms with Crippen LogP contribution in [-0.2, 0) is 4.79 Å². The molecule has 3 nitrogen and oxygen atoms in total. The molecule has 0 aromatic heterocycles. The fourth-order valence-electron chi connectivity index (χ4n) is 0.285. The summed E-state index contributed by atoms with van der Waals surface area (Å²) in [4.78, 5) is 10.0. The predicted octanol–water partition coefficient (Wildman–Crippen LogP) is -2.85. The second-order valence-electron chi connectivity index (χ2n) is 2.11. The first kappa shape index (κ1) is 16.4. The maximum Gasteiger partial charge on any atom is 0.320 e. The highest BCUT2D eigenvalue weighted by Crippen LogP contribution is 1.96. The fourth-order valence-corrected chi connectivity index (χ4v) is 0.285. The van der Waals surface area contributed by atoms with Crippen LogP contribution < -0.4 is 5.73 Å². The van der Waals surface area contributed by atoms with Gasteiger partial charge >= 0.3 is 5.97 Å². The van der Waals surface area contributed by atoms with Crippen LogP contribution in [0.15, 0.2) is 0 Å². The maximum absolute atomic E-state index is 10.0. The zero-order valence-corrected chi connectivity index (χ0v) is 5.09. The van der Waals surface area contributed by atoms with Crippen LogP contribution in [-0.4, -0.2) is 39.0 Å². The zero-order chi connectivity index (χ0) is 6.73. The molecule has 0 aromatic carbocycles. The average Bonchev–Trinajstić information content (AvgIpc) is 1.64. The van der Waals surface area contributed by atoms with Crippen molar-refractivity contribution in [3.63, 3.8) is 0 Å². The van der Waals surface area contributed by atoms with E-state index in [2.05, 4.69) is 0 Å². The topological polar surface area (TPSA) is 63.3 Å². The second kappa shape index (κ2) is 6.98. The molecule has 0 aliphatic rings. The Morgan fingerprint density at radius 3 is 1.70 bits per heavy atom. The predicted molar refractivity (Wildman–Crippen MR) is 53.1 cm³/mol. The molecule has 3 N–H and O–H groups in total. The highest BCUT2D eigenvalue weighted by molar-refractivity contribution is 5.76. The summed E-state index contributed by atoms with van der Waals surface area (Å²) in [5, 5.41) is 8.23. The van der Waals surface area contributed by atoms with Crippen molar-refractivity contribution >= 4 is 27.9 Å². The first-order valence-electron chi connectivity index (χ1n) is 2.54. The van der Waals surface area contributed by atoms with Gasteiger partial charge in [0.05, 0.1) is 0 Å². The Morgan fingerprint density at radius 1 is 1.40 bits per heavy atom. The van der Waals surface area contributed by atoms with Gasteiger partial charge in [-0.1, -0.05) is 13.8 Å². The molecule has 0 bridgehead atoms. The Bertz CT molecular complexity index is 97.6. The van der Waals surface area contributed by atoms with E-state index >= 15 is 0 Å². The van der Waals surface area contributed by atoms with Crippen molar-refractivity contribution < 1.29 is 9.90 Å². The van der Waals surface area contributed by atoms with Gasteiger partial charge in [-0.2, -0.15) is 0 Å². The molecule has 0 amide bonds. The molecular formula is C5H19NO2Si2. The van der Waals surface area contributed by atoms with Gasteiger partial charge in [0.1, 0.15) is 6.04 Å². The van der Waals surface area contributed by atoms with E-state index in [4.69, 9.17) is 10.8 Å². The molecule has 0 aliphatic carbocycles. The SMILES string of the molecule is CC(C)[C@H](N)C(=O)O.[SiH4].[SiH4]. The minimum atomic E-state index is -0.931. The summed E-state index contributed by atoms with van der Waals surface area (Å²) in [7, 11) is 0. The molecule has 0 aliphatic heterocycles. The van der Waals surface area contributed by atoms with Crippen LogP contribution >= 0.6 is 0 Å². The van der Waals surface area contributed by atoms with E-state index in [0.717, 1.165) is 0 Å². The molecule has 0 saturated heterocycles. The lowest BCUT2D eigenvalue weighted by molar-refractivity contribution is -0.139. The van der Waals surface area contributed by atoms with Gasteiger partial charge in [-0.3, -0.25) is 4.79 Å². The van der Waals surface area contributed by atoms with Gasteiger partial charge < -0.3 is 10.8 Å². The molecule has 64 valence electrons. The van der Waals surface area contributed by atoms with Gasteiger partial charge in [-0.05, 0) is 27.8 Å². The summed E-state index contributed by atoms with van der Waals surface area (Å²) in [6.07, 6.45) is 0. The van der Waals surface area contributed by atoms with E-state index in [-0.39, 0.29) is 27.8 Å². The van der Waals surface area contributed by atoms with E-state index in [1.54, 1.807) is 13.8 Å². The summed E-state index contributed by atoms with van der Waals surface area (Å²) in [6, 6.07) is -0.713. The van der Waals surface area contributed by atoms with Crippen molar-refractivity contribution in [1.29, 1.82) is 0 Å². The van der Waals surface area contributed by atoms with Crippen molar-refractivity contribution in [3.05, 3.63) is 0 Å². The molecule has 5 heteroatoms. The van der Waals surface area contributed by atoms with Crippen LogP contribution in [0, 0.1) is 5.92 Å². The van der Waals surface area contributed by atoms with Crippen molar-refractivity contribution in [2.75, 3.05) is 0 Å². The van der Waals surface area contributed by atoms with E-state index in [1.165, 1.54) is 0 Å². The Balaban J connectivity index is -0.000000245. The molecule has 0 spiro atoms. The molecule has 0 fully saturated rings. The van der Waals surface area contributed by atoms with Gasteiger partial charge in [0.15, 0.2) is 0 Å². The number of rotatable bonds is 2. The summed E-state index contributed by atoms with van der Waals surface area (Å²) >= 11 is 0. The lowest BCUT2D eigenvalue weighted by atomic mass is 10.1. The van der Waals surface area contributed by atoms with Gasteiger partial charge in [0.25, 0.3) is 0 Å². The van der Waals surface area contributed by atoms with Crippen LogP contribution in [0.1, 0.15) is 13.8 Å². The van der Waals surface area contributed by atoms with Crippen LogP contribution in [0.4, 0.5) is 0 Å². The summed E-state index contributed by atoms with van der Waals surface area (Å²) in [6.45, 7) is 3.55. The zero-order valence-electron chi connectivity index (χ0n) is 5.09. The standard InChI is InChI=1S/C5H11NO2.2H4Si/c1-3(2)4(6)5(7)8;;/h3-4H,6H2,1-2H3,(H,7,8);2*1H4/t4-;;/m0../s1. The number of hydrogen-bond donors (Lipinski definition) is 2. The van der Waals surface area contributed by atoms with Crippen LogP contribution in [0.2, 0.25) is 0 Å². The van der Waals surface area contributed by atoms with Gasteiger partial charge in [-0.25, -0.2) is 0 Å². The average molecular weight is 181 g/mol. The monoisotopic (exact) mass is 181 g/mol. The van der Waals surface area contributed by atoms with E-state index in [0.29, 0.717) is 0 Å². The van der Waals surface area contributed by atoms with Crippen LogP contribution in [0.3, 0.4) is 0 Å². The minimum absolute atomic E-state index is 0. The molecule has 0 unspecified atom stereocenters. The third kappa shape index (κ3) is 5.99. The number of hydrogen-bond acceptors (Lipinski definition) is 2. The Kier molecular flexibility index (Phi) is 11.5. The molecule has 10 heavy (non-hydrogen) atoms. The van der Waals surface area contributed by atoms with Gasteiger partial charge in [0, 0.05) is 0 Å². The fraction of sp³-hybridized carbons (Fsp3) is 0.800. The third-order valence-electron chi connectivity index (χ3n) is 1.00. The van der Waals surface area contributed by atoms with Crippen molar-refractivity contribution in [1.82, 2.24) is 0 Å². The molecule has 0 aromatic rings. The number of carboxylic acids is 1. The summed E-state index contributed by atoms with van der Waals surface area (Å²) in [5.74, 6) is -0.910. The van der Waals surface area contributed by atoms with Crippen molar-refractivity contribution in [2.45, 2.75) is 19.9 Å². The molecular weight excluding hydrogens is 162 g/mol. The van der Waals surface area contributed by atoms with Crippen LogP contribution in [0.25, 0.3) is 0 Å². The lowest BCUT2D eigenvalue weighted by Crippen LogP contribution is -2.34. The van der Waals surface area contributed by atoms with Crippen LogP contribution in [0.5, 0.6) is 0 Å². The lowest BCUT2D eigenvalue weighted by Gasteiger charge is -2.07. The number of carboxylic acid groups (broad SMARTS) is 1. The molecule has 0 radical (unpaired) electrons. The molecule has 0 rings (SSSR count). The molecule has 1 atom stereocenters. The second-order valence-corrected chi connectivity index (χ2v) is 2.11. The molecule has 0 heterocycles. The quantitative estimate of drug-likeness (QED) is 0.451. The Hall–Kier alpha value is -0.136. The Morgan fingerprint density at radius 2 is 1.70 bits per heavy atom. The molecule has 0 saturated carbocycles. The highest BCUT2D eigenvalue weighted by atomic mass is 28.1. The largest absolute Gasteiger partial charge is 0.480 e. The Labute approximate surface area is 70.0 Å². The smallest absolute Gasteiger partial charge is 0.320 e. The van der Waals surface area contributed by atoms with E-state index < -0.39 is 12.0 Å². The van der Waals surface area contributed by atoms with Crippen molar-refractivity contribution in [3.8, 4) is 0 Å². The third-order valence-corrected chi connectivity index (χ3v) is 1.00. The van der Waals surface area contributed by atoms with Gasteiger partial charge in [0.2, 0.25) is 0 Å². The van der Waals surface area contributed by atoms with Gasteiger partial charge in [-0.15, -0.1) is 0 Å². The first-order valence-corrected chi connectivity index (χ1v) is 2.54. The van der Waals surface area contributed by atoms with E-state index in [9.17, 15) is 4.79 Å². The minimum Gasteiger partial charge on any atom is -0.480 e. The van der Waals surface area contributed by atoms with Crippen molar-refractivity contribution in [2.24, 2.45) is 11.7 Å².